The van der Waals surface area contributed by atoms with Gasteiger partial charge in [-0.3, -0.25) is 4.79 Å². The van der Waals surface area contributed by atoms with E-state index in [1.54, 1.807) is 0 Å². The number of fused-ring (bicyclic) bond motifs is 1. The number of nitrogens with zero attached hydrogens (tertiary/aromatic N) is 2. The van der Waals surface area contributed by atoms with Crippen LogP contribution in [0, 0.1) is 11.7 Å². The Balaban J connectivity index is 1.34. The molecule has 0 radical (unpaired) electrons. The van der Waals surface area contributed by atoms with Gasteiger partial charge in [-0.15, -0.1) is 0 Å². The lowest BCUT2D eigenvalue weighted by Gasteiger charge is -2.33. The summed E-state index contributed by atoms with van der Waals surface area (Å²) in [6.45, 7) is 1.62. The van der Waals surface area contributed by atoms with Crippen molar-refractivity contribution in [2.75, 3.05) is 13.1 Å². The Bertz CT molecular complexity index is 1250. The first-order valence-corrected chi connectivity index (χ1v) is 12.2. The van der Waals surface area contributed by atoms with Crippen LogP contribution in [0.15, 0.2) is 85.1 Å². The molecule has 1 aliphatic heterocycles. The van der Waals surface area contributed by atoms with Crippen molar-refractivity contribution in [3.63, 3.8) is 0 Å². The molecule has 1 fully saturated rings. The SMILES string of the molecule is Cn1cc([C@@H](CC(=O)N2CCC(Cc3ccccc3)CC2)c2ccc(F)cc2)c2ccccc21. The predicted octanol–water partition coefficient (Wildman–Crippen LogP) is 6.32. The third-order valence-corrected chi connectivity index (χ3v) is 7.29. The van der Waals surface area contributed by atoms with Crippen LogP contribution in [0.4, 0.5) is 4.39 Å². The van der Waals surface area contributed by atoms with E-state index in [2.05, 4.69) is 53.2 Å². The Kier molecular flexibility index (Phi) is 6.48. The Morgan fingerprint density at radius 1 is 0.941 bits per heavy atom. The Morgan fingerprint density at radius 3 is 2.35 bits per heavy atom. The number of amides is 1. The van der Waals surface area contributed by atoms with Crippen molar-refractivity contribution in [1.29, 1.82) is 0 Å². The van der Waals surface area contributed by atoms with E-state index in [4.69, 9.17) is 0 Å². The minimum Gasteiger partial charge on any atom is -0.350 e. The van der Waals surface area contributed by atoms with Gasteiger partial charge in [0, 0.05) is 49.6 Å². The second-order valence-corrected chi connectivity index (χ2v) is 9.53. The van der Waals surface area contributed by atoms with E-state index in [0.29, 0.717) is 12.3 Å². The average molecular weight is 455 g/mol. The molecule has 4 heteroatoms. The van der Waals surface area contributed by atoms with Crippen LogP contribution < -0.4 is 0 Å². The third kappa shape index (κ3) is 4.77. The van der Waals surface area contributed by atoms with Crippen LogP contribution in [0.2, 0.25) is 0 Å². The first-order valence-electron chi connectivity index (χ1n) is 12.2. The fraction of sp³-hybridized carbons (Fsp3) is 0.300. The van der Waals surface area contributed by atoms with Crippen molar-refractivity contribution >= 4 is 16.8 Å². The highest BCUT2D eigenvalue weighted by molar-refractivity contribution is 5.86. The third-order valence-electron chi connectivity index (χ3n) is 7.29. The molecule has 1 atom stereocenters. The molecule has 3 nitrogen and oxygen atoms in total. The molecule has 1 aromatic heterocycles. The smallest absolute Gasteiger partial charge is 0.223 e. The summed E-state index contributed by atoms with van der Waals surface area (Å²) in [5.74, 6) is 0.436. The summed E-state index contributed by atoms with van der Waals surface area (Å²) in [4.78, 5) is 15.5. The Labute approximate surface area is 200 Å². The lowest BCUT2D eigenvalue weighted by Crippen LogP contribution is -2.39. The number of hydrogen-bond acceptors (Lipinski definition) is 1. The Morgan fingerprint density at radius 2 is 1.62 bits per heavy atom. The number of likely N-dealkylation sites (tertiary alicyclic amines) is 1. The number of rotatable bonds is 6. The molecule has 3 aromatic carbocycles. The molecule has 2 heterocycles. The fourth-order valence-corrected chi connectivity index (χ4v) is 5.39. The molecule has 34 heavy (non-hydrogen) atoms. The van der Waals surface area contributed by atoms with Crippen LogP contribution >= 0.6 is 0 Å². The van der Waals surface area contributed by atoms with Gasteiger partial charge in [0.05, 0.1) is 0 Å². The molecule has 174 valence electrons. The van der Waals surface area contributed by atoms with E-state index in [1.807, 2.05) is 36.2 Å². The largest absolute Gasteiger partial charge is 0.350 e. The van der Waals surface area contributed by atoms with E-state index in [9.17, 15) is 9.18 Å². The number of aromatic nitrogens is 1. The lowest BCUT2D eigenvalue weighted by molar-refractivity contribution is -0.132. The van der Waals surface area contributed by atoms with E-state index >= 15 is 0 Å². The Hall–Kier alpha value is -3.40. The first kappa shape index (κ1) is 22.4. The molecule has 0 bridgehead atoms. The number of benzene rings is 3. The average Bonchev–Trinajstić information content (AvgIpc) is 3.20. The van der Waals surface area contributed by atoms with Gasteiger partial charge in [-0.2, -0.15) is 0 Å². The zero-order chi connectivity index (χ0) is 23.5. The van der Waals surface area contributed by atoms with Crippen LogP contribution in [0.25, 0.3) is 10.9 Å². The van der Waals surface area contributed by atoms with Gasteiger partial charge in [0.15, 0.2) is 0 Å². The summed E-state index contributed by atoms with van der Waals surface area (Å²) in [5.41, 5.74) is 4.61. The summed E-state index contributed by atoms with van der Waals surface area (Å²) in [5, 5.41) is 1.15. The van der Waals surface area contributed by atoms with E-state index in [1.165, 1.54) is 17.7 Å². The molecule has 0 saturated carbocycles. The zero-order valence-corrected chi connectivity index (χ0v) is 19.7. The monoisotopic (exact) mass is 454 g/mol. The number of aryl methyl sites for hydroxylation is 1. The minimum atomic E-state index is -0.257. The highest BCUT2D eigenvalue weighted by Gasteiger charge is 2.28. The number of piperidine rings is 1. The molecule has 0 unspecified atom stereocenters. The van der Waals surface area contributed by atoms with Gasteiger partial charge >= 0.3 is 0 Å². The van der Waals surface area contributed by atoms with Gasteiger partial charge in [0.2, 0.25) is 5.91 Å². The van der Waals surface area contributed by atoms with Crippen molar-refractivity contribution in [2.45, 2.75) is 31.6 Å². The number of para-hydroxylation sites is 1. The molecule has 1 aliphatic rings. The maximum atomic E-state index is 13.7. The second-order valence-electron chi connectivity index (χ2n) is 9.53. The highest BCUT2D eigenvalue weighted by atomic mass is 19.1. The molecule has 5 rings (SSSR count). The zero-order valence-electron chi connectivity index (χ0n) is 19.7. The standard InChI is InChI=1S/C30H31FN2O/c1-32-21-28(26-9-5-6-10-29(26)32)27(24-11-13-25(31)14-12-24)20-30(34)33-17-15-23(16-18-33)19-22-7-3-2-4-8-22/h2-14,21,23,27H,15-20H2,1H3/t27-/m0/s1. The molecule has 0 spiro atoms. The molecule has 1 amide bonds. The summed E-state index contributed by atoms with van der Waals surface area (Å²) < 4.78 is 15.8. The maximum Gasteiger partial charge on any atom is 0.223 e. The van der Waals surface area contributed by atoms with Gasteiger partial charge in [0.25, 0.3) is 0 Å². The van der Waals surface area contributed by atoms with Crippen molar-refractivity contribution in [3.8, 4) is 0 Å². The van der Waals surface area contributed by atoms with Crippen LogP contribution in [0.5, 0.6) is 0 Å². The summed E-state index contributed by atoms with van der Waals surface area (Å²) in [7, 11) is 2.03. The minimum absolute atomic E-state index is 0.110. The topological polar surface area (TPSA) is 25.2 Å². The van der Waals surface area contributed by atoms with Crippen molar-refractivity contribution in [3.05, 3.63) is 108 Å². The van der Waals surface area contributed by atoms with Crippen molar-refractivity contribution in [1.82, 2.24) is 9.47 Å². The maximum absolute atomic E-state index is 13.7. The molecule has 1 saturated heterocycles. The van der Waals surface area contributed by atoms with Crippen molar-refractivity contribution in [2.24, 2.45) is 13.0 Å². The van der Waals surface area contributed by atoms with Gasteiger partial charge < -0.3 is 9.47 Å². The van der Waals surface area contributed by atoms with Gasteiger partial charge in [0.1, 0.15) is 5.82 Å². The number of carbonyl (C=O) groups excluding carboxylic acids is 1. The van der Waals surface area contributed by atoms with Crippen LogP contribution in [0.1, 0.15) is 41.9 Å². The van der Waals surface area contributed by atoms with E-state index in [0.717, 1.165) is 54.4 Å². The molecule has 0 N–H and O–H groups in total. The predicted molar refractivity (Wildman–Crippen MR) is 135 cm³/mol. The number of carbonyl (C=O) groups is 1. The summed E-state index contributed by atoms with van der Waals surface area (Å²) in [6.07, 6.45) is 5.67. The normalized spacial score (nSPS) is 15.5. The molecule has 0 aliphatic carbocycles. The lowest BCUT2D eigenvalue weighted by atomic mass is 9.86. The van der Waals surface area contributed by atoms with Crippen LogP contribution in [-0.4, -0.2) is 28.5 Å². The quantitative estimate of drug-likeness (QED) is 0.335. The van der Waals surface area contributed by atoms with Gasteiger partial charge in [-0.25, -0.2) is 4.39 Å². The van der Waals surface area contributed by atoms with Gasteiger partial charge in [-0.05, 0) is 60.1 Å². The van der Waals surface area contributed by atoms with Crippen molar-refractivity contribution < 1.29 is 9.18 Å². The van der Waals surface area contributed by atoms with E-state index in [-0.39, 0.29) is 17.6 Å². The van der Waals surface area contributed by atoms with Crippen LogP contribution in [-0.2, 0) is 18.3 Å². The fourth-order valence-electron chi connectivity index (χ4n) is 5.39. The van der Waals surface area contributed by atoms with E-state index < -0.39 is 0 Å². The molecule has 4 aromatic rings. The summed E-state index contributed by atoms with van der Waals surface area (Å²) >= 11 is 0. The second kappa shape index (κ2) is 9.84. The molecular formula is C30H31FN2O. The number of hydrogen-bond donors (Lipinski definition) is 0. The van der Waals surface area contributed by atoms with Crippen LogP contribution in [0.3, 0.4) is 0 Å². The number of halogens is 1. The van der Waals surface area contributed by atoms with Gasteiger partial charge in [-0.1, -0.05) is 60.7 Å². The molecular weight excluding hydrogens is 423 g/mol. The highest BCUT2D eigenvalue weighted by Crippen LogP contribution is 2.35. The first-order chi connectivity index (χ1) is 16.6. The summed E-state index contributed by atoms with van der Waals surface area (Å²) in [6, 6.07) is 25.5.